The number of unbranched alkanes of at least 4 members (excludes halogenated alkanes) is 1. The van der Waals surface area contributed by atoms with E-state index in [4.69, 9.17) is 22.9 Å². The number of nitrogens with two attached hydrogens (primary N) is 4. The first-order valence-corrected chi connectivity index (χ1v) is 13.8. The minimum absolute atomic E-state index is 0.00202. The van der Waals surface area contributed by atoms with Crippen LogP contribution in [0.2, 0.25) is 0 Å². The van der Waals surface area contributed by atoms with E-state index in [0.29, 0.717) is 31.4 Å². The van der Waals surface area contributed by atoms with Gasteiger partial charge in [-0.1, -0.05) is 38.8 Å². The number of aromatic hydroxyl groups is 1. The van der Waals surface area contributed by atoms with Crippen LogP contribution in [0.4, 0.5) is 0 Å². The minimum Gasteiger partial charge on any atom is -0.508 e. The molecule has 0 saturated carbocycles. The van der Waals surface area contributed by atoms with Gasteiger partial charge in [-0.25, -0.2) is 4.79 Å². The van der Waals surface area contributed by atoms with Crippen LogP contribution in [0.1, 0.15) is 57.9 Å². The van der Waals surface area contributed by atoms with Crippen molar-refractivity contribution in [2.24, 2.45) is 33.8 Å². The summed E-state index contributed by atoms with van der Waals surface area (Å²) in [7, 11) is 0. The van der Waals surface area contributed by atoms with Crippen molar-refractivity contribution in [3.63, 3.8) is 0 Å². The number of aliphatic imine (C=N–C) groups is 1. The van der Waals surface area contributed by atoms with E-state index in [1.165, 1.54) is 12.1 Å². The zero-order valence-corrected chi connectivity index (χ0v) is 23.8. The molecule has 0 aromatic heterocycles. The number of carbonyl (C=O) groups is 4. The van der Waals surface area contributed by atoms with Crippen molar-refractivity contribution in [1.29, 1.82) is 0 Å². The van der Waals surface area contributed by atoms with E-state index in [0.717, 1.165) is 6.42 Å². The number of phenols is 1. The summed E-state index contributed by atoms with van der Waals surface area (Å²) < 4.78 is 0. The van der Waals surface area contributed by atoms with Gasteiger partial charge >= 0.3 is 5.97 Å². The summed E-state index contributed by atoms with van der Waals surface area (Å²) in [5.74, 6) is -3.49. The second-order valence-corrected chi connectivity index (χ2v) is 10.0. The maximum absolute atomic E-state index is 13.5. The van der Waals surface area contributed by atoms with Crippen LogP contribution < -0.4 is 38.9 Å². The molecule has 13 N–H and O–H groups in total. The van der Waals surface area contributed by atoms with Gasteiger partial charge in [0.25, 0.3) is 0 Å². The lowest BCUT2D eigenvalue weighted by atomic mass is 9.96. The number of amides is 3. The largest absolute Gasteiger partial charge is 0.508 e. The molecule has 5 unspecified atom stereocenters. The molecule has 0 saturated heterocycles. The van der Waals surface area contributed by atoms with E-state index in [-0.39, 0.29) is 43.4 Å². The number of hydrogen-bond acceptors (Lipinski definition) is 8. The summed E-state index contributed by atoms with van der Waals surface area (Å²) in [6, 6.07) is 1.78. The fraction of sp³-hybridized carbons (Fsp3) is 0.593. The zero-order chi connectivity index (χ0) is 30.9. The normalized spacial score (nSPS) is 14.5. The lowest BCUT2D eigenvalue weighted by Crippen LogP contribution is -2.59. The molecule has 41 heavy (non-hydrogen) atoms. The summed E-state index contributed by atoms with van der Waals surface area (Å²) in [5.41, 5.74) is 22.7. The molecule has 0 fully saturated rings. The van der Waals surface area contributed by atoms with Crippen LogP contribution in [-0.2, 0) is 25.6 Å². The molecule has 14 nitrogen and oxygen atoms in total. The molecule has 0 radical (unpaired) electrons. The number of phenolic OH excluding ortho intramolecular Hbond substituents is 1. The van der Waals surface area contributed by atoms with E-state index >= 15 is 0 Å². The second kappa shape index (κ2) is 18.4. The van der Waals surface area contributed by atoms with Gasteiger partial charge < -0.3 is 49.1 Å². The summed E-state index contributed by atoms with van der Waals surface area (Å²) >= 11 is 0. The molecule has 1 aromatic rings. The van der Waals surface area contributed by atoms with Crippen molar-refractivity contribution in [3.05, 3.63) is 29.8 Å². The standard InChI is InChI=1S/C27H46N8O6/c1-3-16(2)22(35-23(37)19(29)7-4-5-13-28)25(39)34-21(15-17-9-11-18(36)12-10-17)24(38)33-20(26(40)41)8-6-14-32-27(30)31/h9-12,16,19-22,36H,3-8,13-15,28-29H2,1-2H3,(H,33,38)(H,34,39)(H,35,37)(H,40,41)(H4,30,31,32). The van der Waals surface area contributed by atoms with Crippen LogP contribution in [0.15, 0.2) is 29.3 Å². The Kier molecular flexibility index (Phi) is 15.8. The van der Waals surface area contributed by atoms with Gasteiger partial charge in [0.2, 0.25) is 17.7 Å². The monoisotopic (exact) mass is 578 g/mol. The predicted octanol–water partition coefficient (Wildman–Crippen LogP) is -0.970. The van der Waals surface area contributed by atoms with Gasteiger partial charge in [-0.2, -0.15) is 0 Å². The fourth-order valence-corrected chi connectivity index (χ4v) is 3.97. The molecular weight excluding hydrogens is 532 g/mol. The Labute approximate surface area is 240 Å². The number of aliphatic carboxylic acids is 1. The highest BCUT2D eigenvalue weighted by atomic mass is 16.4. The SMILES string of the molecule is CCC(C)C(NC(=O)C(N)CCCCN)C(=O)NC(Cc1ccc(O)cc1)C(=O)NC(CCCN=C(N)N)C(=O)O. The van der Waals surface area contributed by atoms with Gasteiger partial charge in [0, 0.05) is 13.0 Å². The number of guanidine groups is 1. The number of carboxylic acid groups (broad SMARTS) is 1. The van der Waals surface area contributed by atoms with Crippen LogP contribution in [-0.4, -0.2) is 77.1 Å². The van der Waals surface area contributed by atoms with Gasteiger partial charge in [-0.3, -0.25) is 19.4 Å². The molecule has 1 rings (SSSR count). The van der Waals surface area contributed by atoms with Crippen LogP contribution in [0, 0.1) is 5.92 Å². The summed E-state index contributed by atoms with van der Waals surface area (Å²) in [5, 5.41) is 27.2. The van der Waals surface area contributed by atoms with Crippen molar-refractivity contribution >= 4 is 29.7 Å². The third-order valence-corrected chi connectivity index (χ3v) is 6.67. The predicted molar refractivity (Wildman–Crippen MR) is 155 cm³/mol. The topological polar surface area (TPSA) is 261 Å². The maximum atomic E-state index is 13.5. The Bertz CT molecular complexity index is 1020. The summed E-state index contributed by atoms with van der Waals surface area (Å²) in [6.07, 6.45) is 2.67. The van der Waals surface area contributed by atoms with Crippen molar-refractivity contribution < 1.29 is 29.4 Å². The van der Waals surface area contributed by atoms with Gasteiger partial charge in [0.1, 0.15) is 23.9 Å². The highest BCUT2D eigenvalue weighted by molar-refractivity contribution is 5.94. The molecule has 0 heterocycles. The number of benzene rings is 1. The minimum atomic E-state index is -1.26. The van der Waals surface area contributed by atoms with Gasteiger partial charge in [0.15, 0.2) is 5.96 Å². The summed E-state index contributed by atoms with van der Waals surface area (Å²) in [4.78, 5) is 55.2. The Morgan fingerprint density at radius 1 is 0.902 bits per heavy atom. The lowest BCUT2D eigenvalue weighted by molar-refractivity contribution is -0.142. The molecule has 1 aromatic carbocycles. The molecule has 5 atom stereocenters. The van der Waals surface area contributed by atoms with Crippen molar-refractivity contribution in [1.82, 2.24) is 16.0 Å². The first kappa shape index (κ1) is 35.1. The van der Waals surface area contributed by atoms with Gasteiger partial charge in [0.05, 0.1) is 6.04 Å². The van der Waals surface area contributed by atoms with Crippen LogP contribution in [0.5, 0.6) is 5.75 Å². The number of nitrogens with one attached hydrogen (secondary N) is 3. The van der Waals surface area contributed by atoms with Crippen molar-refractivity contribution in [2.45, 2.75) is 83.0 Å². The number of rotatable bonds is 19. The third kappa shape index (κ3) is 13.3. The smallest absolute Gasteiger partial charge is 0.326 e. The Morgan fingerprint density at radius 2 is 1.54 bits per heavy atom. The zero-order valence-electron chi connectivity index (χ0n) is 23.8. The molecule has 230 valence electrons. The number of hydrogen-bond donors (Lipinski definition) is 9. The average Bonchev–Trinajstić information content (AvgIpc) is 2.93. The Morgan fingerprint density at radius 3 is 2.10 bits per heavy atom. The van der Waals surface area contributed by atoms with E-state index in [1.54, 1.807) is 19.1 Å². The molecule has 3 amide bonds. The van der Waals surface area contributed by atoms with E-state index < -0.39 is 47.9 Å². The molecular formula is C27H46N8O6. The highest BCUT2D eigenvalue weighted by Crippen LogP contribution is 2.14. The maximum Gasteiger partial charge on any atom is 0.326 e. The lowest BCUT2D eigenvalue weighted by Gasteiger charge is -2.28. The van der Waals surface area contributed by atoms with Crippen LogP contribution >= 0.6 is 0 Å². The van der Waals surface area contributed by atoms with E-state index in [9.17, 15) is 29.4 Å². The molecule has 14 heteroatoms. The number of carbonyl (C=O) groups excluding carboxylic acids is 3. The Balaban J connectivity index is 3.12. The first-order chi connectivity index (χ1) is 19.4. The number of carboxylic acids is 1. The molecule has 0 spiro atoms. The van der Waals surface area contributed by atoms with Crippen molar-refractivity contribution in [2.75, 3.05) is 13.1 Å². The average molecular weight is 579 g/mol. The second-order valence-electron chi connectivity index (χ2n) is 10.0. The van der Waals surface area contributed by atoms with E-state index in [1.807, 2.05) is 6.92 Å². The van der Waals surface area contributed by atoms with Crippen LogP contribution in [0.3, 0.4) is 0 Å². The van der Waals surface area contributed by atoms with Gasteiger partial charge in [-0.15, -0.1) is 0 Å². The van der Waals surface area contributed by atoms with E-state index in [2.05, 4.69) is 20.9 Å². The van der Waals surface area contributed by atoms with Gasteiger partial charge in [-0.05, 0) is 55.8 Å². The number of nitrogens with zero attached hydrogens (tertiary/aromatic N) is 1. The fourth-order valence-electron chi connectivity index (χ4n) is 3.97. The molecule has 0 aliphatic heterocycles. The molecule has 0 aliphatic rings. The molecule has 0 aliphatic carbocycles. The third-order valence-electron chi connectivity index (χ3n) is 6.67. The quantitative estimate of drug-likeness (QED) is 0.0551. The van der Waals surface area contributed by atoms with Crippen molar-refractivity contribution in [3.8, 4) is 5.75 Å². The van der Waals surface area contributed by atoms with Crippen LogP contribution in [0.25, 0.3) is 0 Å². The summed E-state index contributed by atoms with van der Waals surface area (Å²) in [6.45, 7) is 4.31. The molecule has 0 bridgehead atoms. The highest BCUT2D eigenvalue weighted by Gasteiger charge is 2.32. The Hall–Kier alpha value is -3.91. The first-order valence-electron chi connectivity index (χ1n) is 13.8.